The summed E-state index contributed by atoms with van der Waals surface area (Å²) in [6.07, 6.45) is 18.0. The summed E-state index contributed by atoms with van der Waals surface area (Å²) in [6.45, 7) is 2.07. The van der Waals surface area contributed by atoms with E-state index >= 15 is 0 Å². The lowest BCUT2D eigenvalue weighted by molar-refractivity contribution is 0.895. The Morgan fingerprint density at radius 2 is 1.29 bits per heavy atom. The summed E-state index contributed by atoms with van der Waals surface area (Å²) in [5.41, 5.74) is 12.9. The van der Waals surface area contributed by atoms with E-state index in [-0.39, 0.29) is 5.41 Å². The highest BCUT2D eigenvalue weighted by Gasteiger charge is 2.57. The van der Waals surface area contributed by atoms with Gasteiger partial charge in [0.1, 0.15) is 0 Å². The molecule has 7 heteroatoms. The van der Waals surface area contributed by atoms with Crippen LogP contribution in [0.15, 0.2) is 151 Å². The first-order valence-electron chi connectivity index (χ1n) is 19.3. The van der Waals surface area contributed by atoms with Gasteiger partial charge in [0.15, 0.2) is 17.5 Å². The van der Waals surface area contributed by atoms with Crippen LogP contribution in [0.4, 0.5) is 5.69 Å². The molecule has 5 aromatic carbocycles. The van der Waals surface area contributed by atoms with Gasteiger partial charge in [0.25, 0.3) is 0 Å². The molecule has 1 aliphatic heterocycles. The van der Waals surface area contributed by atoms with Gasteiger partial charge < -0.3 is 0 Å². The minimum atomic E-state index is -0.129. The van der Waals surface area contributed by atoms with Gasteiger partial charge in [-0.25, -0.2) is 15.0 Å². The van der Waals surface area contributed by atoms with Crippen LogP contribution in [0, 0.1) is 19.3 Å². The number of allylic oxidation sites excluding steroid dienone is 1. The Bertz CT molecular complexity index is 3230. The zero-order chi connectivity index (χ0) is 38.8. The summed E-state index contributed by atoms with van der Waals surface area (Å²) in [7, 11) is 0. The molecular weight excluding hydrogens is 711 g/mol. The number of nitrogens with zero attached hydrogens (tertiary/aromatic N) is 7. The van der Waals surface area contributed by atoms with Crippen LogP contribution >= 0.6 is 0 Å². The van der Waals surface area contributed by atoms with Gasteiger partial charge in [0.05, 0.1) is 22.2 Å². The molecule has 9 aromatic rings. The van der Waals surface area contributed by atoms with Gasteiger partial charge in [-0.1, -0.05) is 109 Å². The second-order valence-corrected chi connectivity index (χ2v) is 15.1. The van der Waals surface area contributed by atoms with Crippen molar-refractivity contribution in [3.8, 4) is 57.6 Å². The summed E-state index contributed by atoms with van der Waals surface area (Å²) in [5, 5.41) is 3.23. The maximum Gasteiger partial charge on any atom is 0.164 e. The summed E-state index contributed by atoms with van der Waals surface area (Å²) in [6, 6.07) is 41.9. The van der Waals surface area contributed by atoms with E-state index in [4.69, 9.17) is 31.4 Å². The monoisotopic (exact) mass is 743 g/mol. The molecule has 1 fully saturated rings. The molecule has 4 aromatic heterocycles. The fourth-order valence-electron chi connectivity index (χ4n) is 8.56. The van der Waals surface area contributed by atoms with E-state index in [1.165, 1.54) is 11.1 Å². The van der Waals surface area contributed by atoms with E-state index < -0.39 is 0 Å². The number of aromatic nitrogens is 6. The average Bonchev–Trinajstić information content (AvgIpc) is 4.05. The molecule has 2 unspecified atom stereocenters. The second-order valence-electron chi connectivity index (χ2n) is 15.1. The zero-order valence-electron chi connectivity index (χ0n) is 31.5. The first kappa shape index (κ1) is 33.6. The zero-order valence-corrected chi connectivity index (χ0v) is 31.5. The minimum absolute atomic E-state index is 0.129. The van der Waals surface area contributed by atoms with E-state index in [0.29, 0.717) is 23.4 Å². The summed E-state index contributed by atoms with van der Waals surface area (Å²) >= 11 is 0. The molecule has 5 heterocycles. The van der Waals surface area contributed by atoms with Crippen molar-refractivity contribution in [1.82, 2.24) is 29.9 Å². The lowest BCUT2D eigenvalue weighted by Crippen LogP contribution is -2.14. The molecule has 2 aliphatic rings. The highest BCUT2D eigenvalue weighted by Crippen LogP contribution is 2.63. The van der Waals surface area contributed by atoms with Gasteiger partial charge in [-0.2, -0.15) is 0 Å². The molecule has 0 saturated heterocycles. The van der Waals surface area contributed by atoms with Crippen LogP contribution in [0.25, 0.3) is 84.1 Å². The number of aliphatic imine (C=N–C) groups is 1. The maximum absolute atomic E-state index is 5.65. The van der Waals surface area contributed by atoms with Crippen LogP contribution in [0.3, 0.4) is 0 Å². The van der Waals surface area contributed by atoms with Crippen LogP contribution in [0.2, 0.25) is 0 Å². The van der Waals surface area contributed by atoms with Gasteiger partial charge in [-0.05, 0) is 71.5 Å². The second kappa shape index (κ2) is 13.2. The number of hydrogen-bond acceptors (Lipinski definition) is 7. The fourth-order valence-corrected chi connectivity index (χ4v) is 8.56. The number of pyridine rings is 3. The Morgan fingerprint density at radius 3 is 2.07 bits per heavy atom. The topological polar surface area (TPSA) is 89.7 Å². The largest absolute Gasteiger partial charge is 0.258 e. The maximum atomic E-state index is 5.65. The standard InChI is InChI=1S/C51H33N7/c1-3-4-11-40-31(2)8-5-12-41(40)50-57-48(35-16-13-32(14-17-35)38-27-37-18-15-33-9-6-25-52-44(33)46(37)54-29-38)56-49(58-50)36-19-22-39(23-20-36)51-28-43(51)42-24-21-34-10-7-26-53-45(34)47(42)55-30-51/h1,4-27,29-30,43H,28H2,2H3/b11-4-. The lowest BCUT2D eigenvalue weighted by atomic mass is 9.88. The molecule has 1 aliphatic carbocycles. The van der Waals surface area contributed by atoms with Gasteiger partial charge in [-0.15, -0.1) is 6.42 Å². The van der Waals surface area contributed by atoms with Crippen molar-refractivity contribution in [3.05, 3.63) is 168 Å². The van der Waals surface area contributed by atoms with Crippen LogP contribution in [-0.4, -0.2) is 36.1 Å². The molecule has 272 valence electrons. The molecule has 0 radical (unpaired) electrons. The number of rotatable bonds is 6. The molecule has 2 atom stereocenters. The van der Waals surface area contributed by atoms with Crippen molar-refractivity contribution in [2.75, 3.05) is 0 Å². The normalized spacial score (nSPS) is 16.7. The summed E-state index contributed by atoms with van der Waals surface area (Å²) in [5.74, 6) is 4.75. The number of aryl methyl sites for hydroxylation is 1. The van der Waals surface area contributed by atoms with Gasteiger partial charge in [0.2, 0.25) is 0 Å². The fraction of sp³-hybridized carbons (Fsp3) is 0.0784. The predicted octanol–water partition coefficient (Wildman–Crippen LogP) is 11.3. The van der Waals surface area contributed by atoms with E-state index in [9.17, 15) is 0 Å². The number of terminal acetylenes is 1. The van der Waals surface area contributed by atoms with E-state index in [2.05, 4.69) is 126 Å². The summed E-state index contributed by atoms with van der Waals surface area (Å²) < 4.78 is 0. The molecule has 0 N–H and O–H groups in total. The highest BCUT2D eigenvalue weighted by molar-refractivity contribution is 6.03. The molecular formula is C51H33N7. The van der Waals surface area contributed by atoms with Crippen molar-refractivity contribution < 1.29 is 0 Å². The average molecular weight is 744 g/mol. The van der Waals surface area contributed by atoms with Crippen molar-refractivity contribution in [2.24, 2.45) is 4.99 Å². The summed E-state index contributed by atoms with van der Waals surface area (Å²) in [4.78, 5) is 34.4. The van der Waals surface area contributed by atoms with Gasteiger partial charge >= 0.3 is 0 Å². The first-order chi connectivity index (χ1) is 28.6. The van der Waals surface area contributed by atoms with Crippen LogP contribution in [0.5, 0.6) is 0 Å². The molecule has 0 bridgehead atoms. The third-order valence-corrected chi connectivity index (χ3v) is 11.7. The number of benzene rings is 5. The molecule has 58 heavy (non-hydrogen) atoms. The Hall–Kier alpha value is -7.69. The molecule has 7 nitrogen and oxygen atoms in total. The molecule has 0 spiro atoms. The van der Waals surface area contributed by atoms with Crippen LogP contribution in [-0.2, 0) is 5.41 Å². The highest BCUT2D eigenvalue weighted by atomic mass is 15.0. The number of fused-ring (bicyclic) bond motifs is 8. The van der Waals surface area contributed by atoms with Crippen molar-refractivity contribution in [3.63, 3.8) is 0 Å². The quantitative estimate of drug-likeness (QED) is 0.124. The number of hydrogen-bond donors (Lipinski definition) is 0. The smallest absolute Gasteiger partial charge is 0.164 e. The van der Waals surface area contributed by atoms with E-state index in [0.717, 1.165) is 83.8 Å². The molecule has 1 saturated carbocycles. The van der Waals surface area contributed by atoms with E-state index in [1.807, 2.05) is 48.9 Å². The van der Waals surface area contributed by atoms with Crippen LogP contribution < -0.4 is 0 Å². The Labute approximate surface area is 335 Å². The third kappa shape index (κ3) is 5.49. The van der Waals surface area contributed by atoms with Crippen molar-refractivity contribution in [2.45, 2.75) is 24.7 Å². The Balaban J connectivity index is 0.965. The molecule has 0 amide bonds. The lowest BCUT2D eigenvalue weighted by Gasteiger charge is -2.20. The Kier molecular flexibility index (Phi) is 7.66. The first-order valence-corrected chi connectivity index (χ1v) is 19.3. The van der Waals surface area contributed by atoms with Crippen molar-refractivity contribution >= 4 is 50.7 Å². The predicted molar refractivity (Wildman–Crippen MR) is 234 cm³/mol. The molecule has 11 rings (SSSR count). The van der Waals surface area contributed by atoms with Gasteiger partial charge in [0, 0.05) is 74.6 Å². The van der Waals surface area contributed by atoms with Gasteiger partial charge in [-0.3, -0.25) is 19.9 Å². The van der Waals surface area contributed by atoms with Crippen LogP contribution in [0.1, 0.15) is 34.6 Å². The minimum Gasteiger partial charge on any atom is -0.258 e. The SMILES string of the molecule is C#C/C=C\c1c(C)cccc1-c1nc(-c2ccc(-c3cnc4c(ccc5cccnc54)c3)cc2)nc(-c2ccc(C34C=Nc5c(ccc6cccnc56)C3C4)cc2)n1. The Morgan fingerprint density at radius 1 is 0.638 bits per heavy atom. The van der Waals surface area contributed by atoms with E-state index in [1.54, 1.807) is 6.08 Å². The third-order valence-electron chi connectivity index (χ3n) is 11.7. The van der Waals surface area contributed by atoms with Crippen molar-refractivity contribution in [1.29, 1.82) is 0 Å².